The molecule has 0 N–H and O–H groups in total. The first kappa shape index (κ1) is 12.8. The fourth-order valence-electron chi connectivity index (χ4n) is 1.89. The minimum atomic E-state index is -0.332. The molecule has 2 nitrogen and oxygen atoms in total. The van der Waals surface area contributed by atoms with Gasteiger partial charge in [0.05, 0.1) is 0 Å². The summed E-state index contributed by atoms with van der Waals surface area (Å²) < 4.78 is 5.26. The van der Waals surface area contributed by atoms with Crippen molar-refractivity contribution in [3.8, 4) is 0 Å². The molecule has 1 fully saturated rings. The molecule has 1 unspecified atom stereocenters. The third kappa shape index (κ3) is 3.69. The fraction of sp³-hybridized carbons (Fsp3) is 0.500. The SMILES string of the molecule is C=CC(=O)OC1CCC(=C)/C(=C\C(C)C)C1. The molecule has 0 aliphatic heterocycles. The summed E-state index contributed by atoms with van der Waals surface area (Å²) in [6.45, 7) is 11.7. The topological polar surface area (TPSA) is 26.3 Å². The Morgan fingerprint density at radius 2 is 2.25 bits per heavy atom. The maximum atomic E-state index is 11.1. The predicted octanol–water partition coefficient (Wildman–Crippen LogP) is 3.41. The van der Waals surface area contributed by atoms with E-state index >= 15 is 0 Å². The molecule has 0 radical (unpaired) electrons. The zero-order chi connectivity index (χ0) is 12.1. The monoisotopic (exact) mass is 220 g/mol. The van der Waals surface area contributed by atoms with Crippen molar-refractivity contribution in [2.24, 2.45) is 5.92 Å². The van der Waals surface area contributed by atoms with E-state index in [0.717, 1.165) is 19.3 Å². The van der Waals surface area contributed by atoms with Crippen LogP contribution in [-0.2, 0) is 9.53 Å². The first-order valence-corrected chi connectivity index (χ1v) is 5.74. The lowest BCUT2D eigenvalue weighted by atomic mass is 9.87. The summed E-state index contributed by atoms with van der Waals surface area (Å²) in [4.78, 5) is 11.1. The van der Waals surface area contributed by atoms with Crippen LogP contribution in [0.2, 0.25) is 0 Å². The van der Waals surface area contributed by atoms with Crippen LogP contribution in [0, 0.1) is 5.92 Å². The molecule has 0 aromatic heterocycles. The van der Waals surface area contributed by atoms with Gasteiger partial charge in [0.15, 0.2) is 0 Å². The molecule has 88 valence electrons. The molecule has 0 bridgehead atoms. The van der Waals surface area contributed by atoms with E-state index in [4.69, 9.17) is 4.74 Å². The lowest BCUT2D eigenvalue weighted by Gasteiger charge is -2.26. The molecule has 0 spiro atoms. The van der Waals surface area contributed by atoms with E-state index in [1.54, 1.807) is 0 Å². The van der Waals surface area contributed by atoms with Gasteiger partial charge in [-0.25, -0.2) is 4.79 Å². The number of carbonyl (C=O) groups is 1. The van der Waals surface area contributed by atoms with Gasteiger partial charge >= 0.3 is 5.97 Å². The van der Waals surface area contributed by atoms with Gasteiger partial charge in [-0.1, -0.05) is 38.7 Å². The van der Waals surface area contributed by atoms with E-state index in [9.17, 15) is 4.79 Å². The summed E-state index contributed by atoms with van der Waals surface area (Å²) in [5, 5.41) is 0. The maximum absolute atomic E-state index is 11.1. The molecule has 16 heavy (non-hydrogen) atoms. The first-order chi connectivity index (χ1) is 7.52. The van der Waals surface area contributed by atoms with Gasteiger partial charge in [0.2, 0.25) is 0 Å². The van der Waals surface area contributed by atoms with Gasteiger partial charge in [-0.3, -0.25) is 0 Å². The predicted molar refractivity (Wildman–Crippen MR) is 66.0 cm³/mol. The van der Waals surface area contributed by atoms with Crippen LogP contribution in [0.4, 0.5) is 0 Å². The van der Waals surface area contributed by atoms with Crippen LogP contribution in [0.5, 0.6) is 0 Å². The molecule has 1 saturated carbocycles. The molecule has 1 atom stereocenters. The minimum absolute atomic E-state index is 0.0130. The molecule has 0 heterocycles. The molecule has 1 rings (SSSR count). The Bertz CT molecular complexity index is 324. The van der Waals surface area contributed by atoms with Crippen molar-refractivity contribution in [1.29, 1.82) is 0 Å². The largest absolute Gasteiger partial charge is 0.459 e. The summed E-state index contributed by atoms with van der Waals surface area (Å²) in [6.07, 6.45) is 5.98. The minimum Gasteiger partial charge on any atom is -0.459 e. The molecule has 0 aromatic carbocycles. The third-order valence-electron chi connectivity index (χ3n) is 2.65. The first-order valence-electron chi connectivity index (χ1n) is 5.74. The molecular weight excluding hydrogens is 200 g/mol. The van der Waals surface area contributed by atoms with Crippen molar-refractivity contribution in [3.63, 3.8) is 0 Å². The standard InChI is InChI=1S/C14H20O2/c1-5-14(15)16-13-7-6-11(4)12(9-13)8-10(2)3/h5,8,10,13H,1,4,6-7,9H2,2-3H3/b12-8-. The van der Waals surface area contributed by atoms with Gasteiger partial charge < -0.3 is 4.74 Å². The average molecular weight is 220 g/mol. The highest BCUT2D eigenvalue weighted by Gasteiger charge is 2.22. The van der Waals surface area contributed by atoms with E-state index in [0.29, 0.717) is 5.92 Å². The Kier molecular flexibility index (Phi) is 4.53. The highest BCUT2D eigenvalue weighted by atomic mass is 16.5. The van der Waals surface area contributed by atoms with Gasteiger partial charge in [0, 0.05) is 12.5 Å². The van der Waals surface area contributed by atoms with Gasteiger partial charge in [0.1, 0.15) is 6.10 Å². The van der Waals surface area contributed by atoms with Gasteiger partial charge in [-0.2, -0.15) is 0 Å². The number of allylic oxidation sites excluding steroid dienone is 2. The van der Waals surface area contributed by atoms with Crippen molar-refractivity contribution >= 4 is 5.97 Å². The Labute approximate surface area is 97.7 Å². The number of esters is 1. The molecule has 1 aliphatic carbocycles. The van der Waals surface area contributed by atoms with Crippen molar-refractivity contribution < 1.29 is 9.53 Å². The van der Waals surface area contributed by atoms with Crippen LogP contribution in [0.3, 0.4) is 0 Å². The van der Waals surface area contributed by atoms with E-state index in [1.807, 2.05) is 0 Å². The molecule has 0 amide bonds. The van der Waals surface area contributed by atoms with E-state index in [2.05, 4.69) is 33.1 Å². The number of rotatable bonds is 3. The molecule has 0 saturated heterocycles. The smallest absolute Gasteiger partial charge is 0.330 e. The zero-order valence-electron chi connectivity index (χ0n) is 10.2. The molecule has 0 aromatic rings. The van der Waals surface area contributed by atoms with Crippen molar-refractivity contribution in [3.05, 3.63) is 36.5 Å². The fourth-order valence-corrected chi connectivity index (χ4v) is 1.89. The van der Waals surface area contributed by atoms with E-state index in [-0.39, 0.29) is 12.1 Å². The average Bonchev–Trinajstić information content (AvgIpc) is 2.22. The lowest BCUT2D eigenvalue weighted by molar-refractivity contribution is -0.143. The van der Waals surface area contributed by atoms with Crippen molar-refractivity contribution in [2.45, 2.75) is 39.2 Å². The Hall–Kier alpha value is -1.31. The van der Waals surface area contributed by atoms with E-state index < -0.39 is 0 Å². The second-order valence-electron chi connectivity index (χ2n) is 4.55. The number of hydrogen-bond acceptors (Lipinski definition) is 2. The van der Waals surface area contributed by atoms with Crippen LogP contribution in [-0.4, -0.2) is 12.1 Å². The number of ether oxygens (including phenoxy) is 1. The van der Waals surface area contributed by atoms with Crippen LogP contribution < -0.4 is 0 Å². The summed E-state index contributed by atoms with van der Waals surface area (Å²) in [5.74, 6) is 0.169. The van der Waals surface area contributed by atoms with Crippen molar-refractivity contribution in [2.75, 3.05) is 0 Å². The Morgan fingerprint density at radius 1 is 1.56 bits per heavy atom. The second kappa shape index (κ2) is 5.69. The maximum Gasteiger partial charge on any atom is 0.330 e. The van der Waals surface area contributed by atoms with E-state index in [1.165, 1.54) is 17.2 Å². The summed E-state index contributed by atoms with van der Waals surface area (Å²) in [6, 6.07) is 0. The highest BCUT2D eigenvalue weighted by molar-refractivity contribution is 5.81. The summed E-state index contributed by atoms with van der Waals surface area (Å²) >= 11 is 0. The normalized spacial score (nSPS) is 23.6. The zero-order valence-corrected chi connectivity index (χ0v) is 10.2. The van der Waals surface area contributed by atoms with Crippen LogP contribution in [0.25, 0.3) is 0 Å². The number of carbonyl (C=O) groups excluding carboxylic acids is 1. The lowest BCUT2D eigenvalue weighted by Crippen LogP contribution is -2.22. The van der Waals surface area contributed by atoms with Gasteiger partial charge in [-0.15, -0.1) is 0 Å². The summed E-state index contributed by atoms with van der Waals surface area (Å²) in [5.41, 5.74) is 2.42. The molecular formula is C14H20O2. The third-order valence-corrected chi connectivity index (χ3v) is 2.65. The second-order valence-corrected chi connectivity index (χ2v) is 4.55. The number of hydrogen-bond donors (Lipinski definition) is 0. The van der Waals surface area contributed by atoms with Gasteiger partial charge in [0.25, 0.3) is 0 Å². The highest BCUT2D eigenvalue weighted by Crippen LogP contribution is 2.30. The van der Waals surface area contributed by atoms with Gasteiger partial charge in [-0.05, 0) is 24.3 Å². The van der Waals surface area contributed by atoms with Crippen molar-refractivity contribution in [1.82, 2.24) is 0 Å². The van der Waals surface area contributed by atoms with Crippen LogP contribution in [0.1, 0.15) is 33.1 Å². The quantitative estimate of drug-likeness (QED) is 0.538. The Morgan fingerprint density at radius 3 is 2.81 bits per heavy atom. The van der Waals surface area contributed by atoms with Crippen LogP contribution in [0.15, 0.2) is 36.5 Å². The summed E-state index contributed by atoms with van der Waals surface area (Å²) in [7, 11) is 0. The molecule has 2 heteroatoms. The molecule has 1 aliphatic rings. The Balaban J connectivity index is 2.64. The van der Waals surface area contributed by atoms with Crippen LogP contribution >= 0.6 is 0 Å².